The number of thiophene rings is 1. The van der Waals surface area contributed by atoms with Crippen molar-refractivity contribution in [2.24, 2.45) is 0 Å². The van der Waals surface area contributed by atoms with E-state index >= 15 is 0 Å². The molecule has 0 spiro atoms. The lowest BCUT2D eigenvalue weighted by Gasteiger charge is -2.12. The van der Waals surface area contributed by atoms with Crippen molar-refractivity contribution in [1.82, 2.24) is 5.32 Å². The predicted octanol–water partition coefficient (Wildman–Crippen LogP) is 4.09. The molecule has 0 saturated heterocycles. The Bertz CT molecular complexity index is 653. The summed E-state index contributed by atoms with van der Waals surface area (Å²) in [5.74, 6) is -1.02. The highest BCUT2D eigenvalue weighted by molar-refractivity contribution is 7.10. The van der Waals surface area contributed by atoms with Crippen LogP contribution in [0.15, 0.2) is 35.7 Å². The average molecular weight is 358 g/mol. The Hall–Kier alpha value is -1.56. The first-order valence-electron chi connectivity index (χ1n) is 6.41. The summed E-state index contributed by atoms with van der Waals surface area (Å²) in [5.41, 5.74) is 0.205. The molecule has 0 unspecified atom stereocenters. The molecule has 7 heteroatoms. The fraction of sp³-hybridized carbons (Fsp3) is 0.200. The van der Waals surface area contributed by atoms with E-state index in [9.17, 15) is 9.59 Å². The van der Waals surface area contributed by atoms with Crippen LogP contribution in [0.4, 0.5) is 0 Å². The van der Waals surface area contributed by atoms with Gasteiger partial charge in [0, 0.05) is 14.9 Å². The molecule has 0 aliphatic carbocycles. The number of hydrogen-bond donors (Lipinski definition) is 1. The van der Waals surface area contributed by atoms with E-state index in [1.54, 1.807) is 11.3 Å². The van der Waals surface area contributed by atoms with Gasteiger partial charge in [-0.2, -0.15) is 0 Å². The van der Waals surface area contributed by atoms with Crippen LogP contribution in [0.1, 0.15) is 28.2 Å². The summed E-state index contributed by atoms with van der Waals surface area (Å²) in [6.07, 6.45) is 0. The average Bonchev–Trinajstić information content (AvgIpc) is 2.98. The summed E-state index contributed by atoms with van der Waals surface area (Å²) in [6, 6.07) is 8.08. The van der Waals surface area contributed by atoms with E-state index in [-0.39, 0.29) is 24.1 Å². The molecule has 1 N–H and O–H groups in total. The summed E-state index contributed by atoms with van der Waals surface area (Å²) in [6.45, 7) is 1.50. The third kappa shape index (κ3) is 4.73. The van der Waals surface area contributed by atoms with Gasteiger partial charge in [-0.15, -0.1) is 11.3 Å². The minimum atomic E-state index is -0.650. The number of amides is 1. The van der Waals surface area contributed by atoms with E-state index in [2.05, 4.69) is 5.32 Å². The summed E-state index contributed by atoms with van der Waals surface area (Å²) < 4.78 is 4.95. The van der Waals surface area contributed by atoms with E-state index in [1.165, 1.54) is 18.2 Å². The Kier molecular flexibility index (Phi) is 5.83. The SMILES string of the molecule is C[C@H](NC(=O)COC(=O)c1cc(Cl)cc(Cl)c1)c1cccs1. The van der Waals surface area contributed by atoms with Crippen molar-refractivity contribution in [2.75, 3.05) is 6.61 Å². The molecular weight excluding hydrogens is 345 g/mol. The minimum absolute atomic E-state index is 0.133. The molecule has 2 rings (SSSR count). The van der Waals surface area contributed by atoms with Crippen molar-refractivity contribution >= 4 is 46.4 Å². The minimum Gasteiger partial charge on any atom is -0.452 e. The largest absolute Gasteiger partial charge is 0.452 e. The van der Waals surface area contributed by atoms with Gasteiger partial charge in [0.25, 0.3) is 5.91 Å². The molecule has 0 fully saturated rings. The maximum atomic E-state index is 11.9. The highest BCUT2D eigenvalue weighted by Gasteiger charge is 2.14. The van der Waals surface area contributed by atoms with Gasteiger partial charge in [0.2, 0.25) is 0 Å². The molecule has 0 aliphatic rings. The first-order chi connectivity index (χ1) is 10.5. The second-order valence-electron chi connectivity index (χ2n) is 4.54. The van der Waals surface area contributed by atoms with Crippen molar-refractivity contribution in [3.8, 4) is 0 Å². The normalized spacial score (nSPS) is 11.8. The van der Waals surface area contributed by atoms with Gasteiger partial charge in [0.05, 0.1) is 11.6 Å². The first-order valence-corrected chi connectivity index (χ1v) is 8.05. The monoisotopic (exact) mass is 357 g/mol. The van der Waals surface area contributed by atoms with Crippen molar-refractivity contribution in [3.63, 3.8) is 0 Å². The summed E-state index contributed by atoms with van der Waals surface area (Å²) in [4.78, 5) is 24.7. The quantitative estimate of drug-likeness (QED) is 0.819. The zero-order valence-electron chi connectivity index (χ0n) is 11.6. The van der Waals surface area contributed by atoms with Crippen LogP contribution in [-0.4, -0.2) is 18.5 Å². The molecule has 0 aliphatic heterocycles. The van der Waals surface area contributed by atoms with Crippen LogP contribution in [-0.2, 0) is 9.53 Å². The van der Waals surface area contributed by atoms with Gasteiger partial charge >= 0.3 is 5.97 Å². The number of esters is 1. The predicted molar refractivity (Wildman–Crippen MR) is 87.6 cm³/mol. The standard InChI is InChI=1S/C15H13Cl2NO3S/c1-9(13-3-2-4-22-13)18-14(19)8-21-15(20)10-5-11(16)7-12(17)6-10/h2-7,9H,8H2,1H3,(H,18,19)/t9-/m0/s1. The van der Waals surface area contributed by atoms with Gasteiger partial charge < -0.3 is 10.1 Å². The fourth-order valence-electron chi connectivity index (χ4n) is 1.78. The molecule has 0 saturated carbocycles. The molecule has 1 aromatic carbocycles. The van der Waals surface area contributed by atoms with Crippen LogP contribution in [0.2, 0.25) is 10.0 Å². The van der Waals surface area contributed by atoms with Crippen molar-refractivity contribution in [2.45, 2.75) is 13.0 Å². The van der Waals surface area contributed by atoms with Gasteiger partial charge in [0.1, 0.15) is 0 Å². The first kappa shape index (κ1) is 16.8. The molecule has 1 atom stereocenters. The Morgan fingerprint density at radius 3 is 2.55 bits per heavy atom. The van der Waals surface area contributed by atoms with Crippen LogP contribution < -0.4 is 5.32 Å². The van der Waals surface area contributed by atoms with Crippen molar-refractivity contribution in [3.05, 3.63) is 56.2 Å². The maximum Gasteiger partial charge on any atom is 0.338 e. The second-order valence-corrected chi connectivity index (χ2v) is 6.39. The zero-order valence-corrected chi connectivity index (χ0v) is 14.0. The highest BCUT2D eigenvalue weighted by atomic mass is 35.5. The van der Waals surface area contributed by atoms with Gasteiger partial charge in [-0.3, -0.25) is 4.79 Å². The zero-order chi connectivity index (χ0) is 16.1. The van der Waals surface area contributed by atoms with Gasteiger partial charge in [0.15, 0.2) is 6.61 Å². The lowest BCUT2D eigenvalue weighted by Crippen LogP contribution is -2.30. The molecule has 22 heavy (non-hydrogen) atoms. The molecule has 116 valence electrons. The van der Waals surface area contributed by atoms with Crippen LogP contribution in [0.5, 0.6) is 0 Å². The van der Waals surface area contributed by atoms with E-state index < -0.39 is 5.97 Å². The number of nitrogens with one attached hydrogen (secondary N) is 1. The van der Waals surface area contributed by atoms with Gasteiger partial charge in [-0.1, -0.05) is 29.3 Å². The van der Waals surface area contributed by atoms with E-state index in [4.69, 9.17) is 27.9 Å². The number of ether oxygens (including phenoxy) is 1. The fourth-order valence-corrected chi connectivity index (χ4v) is 3.04. The number of halogens is 2. The molecule has 0 bridgehead atoms. The van der Waals surface area contributed by atoms with Gasteiger partial charge in [-0.05, 0) is 36.6 Å². The third-order valence-electron chi connectivity index (χ3n) is 2.78. The van der Waals surface area contributed by atoms with Crippen LogP contribution in [0.25, 0.3) is 0 Å². The van der Waals surface area contributed by atoms with E-state index in [0.717, 1.165) is 4.88 Å². The molecular formula is C15H13Cl2NO3S. The topological polar surface area (TPSA) is 55.4 Å². The Labute approximate surface area is 142 Å². The Morgan fingerprint density at radius 2 is 1.95 bits per heavy atom. The maximum absolute atomic E-state index is 11.9. The molecule has 0 radical (unpaired) electrons. The molecule has 1 heterocycles. The number of rotatable bonds is 5. The van der Waals surface area contributed by atoms with Crippen LogP contribution >= 0.6 is 34.5 Å². The summed E-state index contributed by atoms with van der Waals surface area (Å²) >= 11 is 13.2. The van der Waals surface area contributed by atoms with E-state index in [1.807, 2.05) is 24.4 Å². The highest BCUT2D eigenvalue weighted by Crippen LogP contribution is 2.20. The van der Waals surface area contributed by atoms with Crippen molar-refractivity contribution < 1.29 is 14.3 Å². The smallest absolute Gasteiger partial charge is 0.338 e. The lowest BCUT2D eigenvalue weighted by molar-refractivity contribution is -0.124. The summed E-state index contributed by atoms with van der Waals surface area (Å²) in [7, 11) is 0. The Morgan fingerprint density at radius 1 is 1.27 bits per heavy atom. The lowest BCUT2D eigenvalue weighted by atomic mass is 10.2. The summed E-state index contributed by atoms with van der Waals surface area (Å²) in [5, 5.41) is 5.34. The van der Waals surface area contributed by atoms with Crippen LogP contribution in [0, 0.1) is 0 Å². The van der Waals surface area contributed by atoms with Crippen molar-refractivity contribution in [1.29, 1.82) is 0 Å². The molecule has 1 aromatic heterocycles. The number of carbonyl (C=O) groups excluding carboxylic acids is 2. The molecule has 4 nitrogen and oxygen atoms in total. The number of benzene rings is 1. The number of hydrogen-bond acceptors (Lipinski definition) is 4. The molecule has 1 amide bonds. The third-order valence-corrected chi connectivity index (χ3v) is 4.27. The number of carbonyl (C=O) groups is 2. The Balaban J connectivity index is 1.86. The van der Waals surface area contributed by atoms with E-state index in [0.29, 0.717) is 10.0 Å². The second kappa shape index (κ2) is 7.63. The molecule has 2 aromatic rings. The van der Waals surface area contributed by atoms with Crippen LogP contribution in [0.3, 0.4) is 0 Å². The van der Waals surface area contributed by atoms with Gasteiger partial charge in [-0.25, -0.2) is 4.79 Å².